The molecule has 0 aliphatic heterocycles. The Morgan fingerprint density at radius 3 is 2.59 bits per heavy atom. The summed E-state index contributed by atoms with van der Waals surface area (Å²) < 4.78 is 38.4. The Morgan fingerprint density at radius 1 is 1.36 bits per heavy atom. The van der Waals surface area contributed by atoms with Gasteiger partial charge in [-0.25, -0.2) is 4.68 Å². The first kappa shape index (κ1) is 16.3. The maximum atomic E-state index is 12.4. The van der Waals surface area contributed by atoms with E-state index in [0.717, 1.165) is 7.05 Å². The number of carbonyl (C=O) groups excluding carboxylic acids is 1. The number of rotatable bonds is 3. The minimum Gasteiger partial charge on any atom is -0.331 e. The Bertz CT molecular complexity index is 699. The van der Waals surface area contributed by atoms with Crippen LogP contribution in [0, 0.1) is 6.92 Å². The molecule has 118 valence electrons. The summed E-state index contributed by atoms with van der Waals surface area (Å²) in [4.78, 5) is 12.6. The molecule has 2 aromatic rings. The third kappa shape index (κ3) is 3.38. The number of para-hydroxylation sites is 1. The van der Waals surface area contributed by atoms with Crippen molar-refractivity contribution < 1.29 is 18.0 Å². The van der Waals surface area contributed by atoms with Crippen molar-refractivity contribution in [3.05, 3.63) is 40.7 Å². The van der Waals surface area contributed by atoms with Gasteiger partial charge in [0.1, 0.15) is 6.54 Å². The molecule has 0 radical (unpaired) electrons. The van der Waals surface area contributed by atoms with E-state index in [9.17, 15) is 18.0 Å². The van der Waals surface area contributed by atoms with Crippen molar-refractivity contribution in [2.24, 2.45) is 0 Å². The van der Waals surface area contributed by atoms with Gasteiger partial charge in [0.15, 0.2) is 5.69 Å². The molecule has 1 aromatic heterocycles. The van der Waals surface area contributed by atoms with Crippen LogP contribution in [0.3, 0.4) is 0 Å². The zero-order valence-corrected chi connectivity index (χ0v) is 12.5. The molecule has 1 aromatic carbocycles. The highest BCUT2D eigenvalue weighted by atomic mass is 35.5. The van der Waals surface area contributed by atoms with Crippen LogP contribution in [0.15, 0.2) is 24.3 Å². The highest BCUT2D eigenvalue weighted by Crippen LogP contribution is 2.22. The molecule has 0 atom stereocenters. The molecule has 0 unspecified atom stereocenters. The van der Waals surface area contributed by atoms with Gasteiger partial charge in [0.25, 0.3) is 5.91 Å². The first-order valence-electron chi connectivity index (χ1n) is 6.20. The van der Waals surface area contributed by atoms with Crippen molar-refractivity contribution in [2.75, 3.05) is 13.6 Å². The lowest BCUT2D eigenvalue weighted by Gasteiger charge is -2.17. The molecular formula is C13H12ClF3N4O. The van der Waals surface area contributed by atoms with Gasteiger partial charge < -0.3 is 4.90 Å². The zero-order valence-electron chi connectivity index (χ0n) is 11.7. The van der Waals surface area contributed by atoms with Crippen molar-refractivity contribution in [3.63, 3.8) is 0 Å². The van der Waals surface area contributed by atoms with Gasteiger partial charge in [-0.15, -0.1) is 5.10 Å². The fourth-order valence-corrected chi connectivity index (χ4v) is 2.12. The minimum absolute atomic E-state index is 0.147. The van der Waals surface area contributed by atoms with Crippen molar-refractivity contribution in [1.29, 1.82) is 0 Å². The molecule has 0 aliphatic rings. The molecule has 1 heterocycles. The van der Waals surface area contributed by atoms with Gasteiger partial charge in [0.2, 0.25) is 0 Å². The van der Waals surface area contributed by atoms with Gasteiger partial charge in [-0.3, -0.25) is 4.79 Å². The van der Waals surface area contributed by atoms with Crippen LogP contribution in [-0.2, 0) is 0 Å². The standard InChI is InChI=1S/C13H12ClF3N4O/c1-8-11(12(22)20(2)7-13(15,16)17)18-19-21(8)10-6-4-3-5-9(10)14/h3-6H,7H2,1-2H3. The topological polar surface area (TPSA) is 51.0 Å². The summed E-state index contributed by atoms with van der Waals surface area (Å²) >= 11 is 6.04. The molecular weight excluding hydrogens is 321 g/mol. The molecule has 0 spiro atoms. The van der Waals surface area contributed by atoms with E-state index >= 15 is 0 Å². The first-order valence-corrected chi connectivity index (χ1v) is 6.58. The predicted octanol–water partition coefficient (Wildman–Crippen LogP) is 2.86. The number of hydrogen-bond donors (Lipinski definition) is 0. The minimum atomic E-state index is -4.48. The number of aromatic nitrogens is 3. The lowest BCUT2D eigenvalue weighted by atomic mass is 10.2. The molecule has 0 saturated carbocycles. The molecule has 5 nitrogen and oxygen atoms in total. The average molecular weight is 333 g/mol. The molecule has 2 rings (SSSR count). The Labute approximate surface area is 129 Å². The van der Waals surface area contributed by atoms with Crippen LogP contribution in [0.2, 0.25) is 5.02 Å². The van der Waals surface area contributed by atoms with Crippen LogP contribution < -0.4 is 0 Å². The quantitative estimate of drug-likeness (QED) is 0.868. The van der Waals surface area contributed by atoms with Gasteiger partial charge in [0, 0.05) is 7.05 Å². The van der Waals surface area contributed by atoms with Gasteiger partial charge >= 0.3 is 6.18 Å². The van der Waals surface area contributed by atoms with E-state index in [-0.39, 0.29) is 5.69 Å². The van der Waals surface area contributed by atoms with Gasteiger partial charge in [0.05, 0.1) is 16.4 Å². The summed E-state index contributed by atoms with van der Waals surface area (Å²) in [6, 6.07) is 6.74. The highest BCUT2D eigenvalue weighted by molar-refractivity contribution is 6.32. The van der Waals surface area contributed by atoms with Crippen molar-refractivity contribution in [2.45, 2.75) is 13.1 Å². The van der Waals surface area contributed by atoms with Gasteiger partial charge in [-0.05, 0) is 19.1 Å². The van der Waals surface area contributed by atoms with E-state index in [1.807, 2.05) is 0 Å². The van der Waals surface area contributed by atoms with E-state index in [1.54, 1.807) is 24.3 Å². The third-order valence-electron chi connectivity index (χ3n) is 2.94. The van der Waals surface area contributed by atoms with Crippen LogP contribution in [-0.4, -0.2) is 45.6 Å². The maximum Gasteiger partial charge on any atom is 0.406 e. The summed E-state index contributed by atoms with van der Waals surface area (Å²) in [7, 11) is 1.06. The maximum absolute atomic E-state index is 12.4. The molecule has 0 aliphatic carbocycles. The van der Waals surface area contributed by atoms with Crippen molar-refractivity contribution >= 4 is 17.5 Å². The van der Waals surface area contributed by atoms with Gasteiger partial charge in [-0.2, -0.15) is 13.2 Å². The lowest BCUT2D eigenvalue weighted by molar-refractivity contribution is -0.138. The number of nitrogens with zero attached hydrogens (tertiary/aromatic N) is 4. The number of alkyl halides is 3. The number of carbonyl (C=O) groups is 1. The summed E-state index contributed by atoms with van der Waals surface area (Å²) in [6.45, 7) is 0.183. The molecule has 0 bridgehead atoms. The van der Waals surface area contributed by atoms with Crippen LogP contribution in [0.25, 0.3) is 5.69 Å². The second kappa shape index (κ2) is 5.96. The van der Waals surface area contributed by atoms with Crippen molar-refractivity contribution in [3.8, 4) is 5.69 Å². The fraction of sp³-hybridized carbons (Fsp3) is 0.308. The van der Waals surface area contributed by atoms with Crippen LogP contribution in [0.5, 0.6) is 0 Å². The normalized spacial score (nSPS) is 11.5. The Morgan fingerprint density at radius 2 is 2.00 bits per heavy atom. The molecule has 0 fully saturated rings. The second-order valence-corrected chi connectivity index (χ2v) is 5.07. The zero-order chi connectivity index (χ0) is 16.5. The molecule has 1 amide bonds. The Balaban J connectivity index is 2.32. The van der Waals surface area contributed by atoms with E-state index < -0.39 is 18.6 Å². The second-order valence-electron chi connectivity index (χ2n) is 4.66. The van der Waals surface area contributed by atoms with Crippen LogP contribution in [0.1, 0.15) is 16.2 Å². The number of benzene rings is 1. The molecule has 0 N–H and O–H groups in total. The average Bonchev–Trinajstić information content (AvgIpc) is 2.78. The smallest absolute Gasteiger partial charge is 0.331 e. The van der Waals surface area contributed by atoms with Crippen molar-refractivity contribution in [1.82, 2.24) is 19.9 Å². The SMILES string of the molecule is Cc1c(C(=O)N(C)CC(F)(F)F)nnn1-c1ccccc1Cl. The van der Waals surface area contributed by atoms with E-state index in [1.165, 1.54) is 11.6 Å². The largest absolute Gasteiger partial charge is 0.406 e. The first-order chi connectivity index (χ1) is 10.2. The summed E-state index contributed by atoms with van der Waals surface area (Å²) in [5.41, 5.74) is 0.658. The van der Waals surface area contributed by atoms with E-state index in [4.69, 9.17) is 11.6 Å². The van der Waals surface area contributed by atoms with Gasteiger partial charge in [-0.1, -0.05) is 28.9 Å². The molecule has 0 saturated heterocycles. The van der Waals surface area contributed by atoms with Crippen LogP contribution in [0.4, 0.5) is 13.2 Å². The lowest BCUT2D eigenvalue weighted by Crippen LogP contribution is -2.36. The summed E-state index contributed by atoms with van der Waals surface area (Å²) in [6.07, 6.45) is -4.48. The third-order valence-corrected chi connectivity index (χ3v) is 3.26. The Hall–Kier alpha value is -2.09. The highest BCUT2D eigenvalue weighted by Gasteiger charge is 2.33. The summed E-state index contributed by atoms with van der Waals surface area (Å²) in [5, 5.41) is 7.87. The number of halogens is 4. The monoisotopic (exact) mass is 332 g/mol. The molecule has 9 heteroatoms. The predicted molar refractivity (Wildman–Crippen MR) is 74.1 cm³/mol. The van der Waals surface area contributed by atoms with E-state index in [2.05, 4.69) is 10.3 Å². The summed E-state index contributed by atoms with van der Waals surface area (Å²) in [5.74, 6) is -0.854. The number of amides is 1. The molecule has 22 heavy (non-hydrogen) atoms. The van der Waals surface area contributed by atoms with E-state index in [0.29, 0.717) is 21.3 Å². The fourth-order valence-electron chi connectivity index (χ4n) is 1.90. The Kier molecular flexibility index (Phi) is 4.41. The van der Waals surface area contributed by atoms with Crippen LogP contribution >= 0.6 is 11.6 Å². The number of hydrogen-bond acceptors (Lipinski definition) is 3.